The minimum Gasteiger partial charge on any atom is -0.390 e. The molecule has 88 valence electrons. The van der Waals surface area contributed by atoms with Crippen LogP contribution in [0.3, 0.4) is 0 Å². The van der Waals surface area contributed by atoms with Crippen molar-refractivity contribution in [2.45, 2.75) is 27.2 Å². The van der Waals surface area contributed by atoms with Gasteiger partial charge in [0.1, 0.15) is 0 Å². The number of rotatable bonds is 4. The van der Waals surface area contributed by atoms with Gasteiger partial charge in [0, 0.05) is 6.54 Å². The zero-order chi connectivity index (χ0) is 12.3. The molecule has 0 aliphatic rings. The molecule has 0 atom stereocenters. The Morgan fingerprint density at radius 2 is 2.06 bits per heavy atom. The fourth-order valence-electron chi connectivity index (χ4n) is 1.51. The zero-order valence-electron chi connectivity index (χ0n) is 9.72. The van der Waals surface area contributed by atoms with E-state index in [0.717, 1.165) is 6.42 Å². The van der Waals surface area contributed by atoms with Crippen molar-refractivity contribution in [3.05, 3.63) is 16.0 Å². The van der Waals surface area contributed by atoms with Gasteiger partial charge in [-0.2, -0.15) is 0 Å². The Hall–Kier alpha value is -1.36. The Kier molecular flexibility index (Phi) is 4.06. The van der Waals surface area contributed by atoms with Crippen LogP contribution in [-0.2, 0) is 0 Å². The summed E-state index contributed by atoms with van der Waals surface area (Å²) in [6.45, 7) is 5.83. The fourth-order valence-corrected chi connectivity index (χ4v) is 2.55. The Morgan fingerprint density at radius 1 is 1.44 bits per heavy atom. The Bertz CT molecular complexity index is 424. The van der Waals surface area contributed by atoms with Crippen LogP contribution in [0.15, 0.2) is 0 Å². The number of amides is 1. The monoisotopic (exact) mass is 240 g/mol. The summed E-state index contributed by atoms with van der Waals surface area (Å²) in [4.78, 5) is 23.6. The smallest absolute Gasteiger partial charge is 0.261 e. The number of carbonyl (C=O) groups excluding carboxylic acids is 2. The van der Waals surface area contributed by atoms with Gasteiger partial charge in [-0.25, -0.2) is 0 Å². The number of Topliss-reactive ketones (excluding diaryl/α,β-unsaturated/α-hetero) is 1. The van der Waals surface area contributed by atoms with Gasteiger partial charge < -0.3 is 11.1 Å². The van der Waals surface area contributed by atoms with Gasteiger partial charge in [-0.1, -0.05) is 6.92 Å². The van der Waals surface area contributed by atoms with E-state index >= 15 is 0 Å². The molecule has 1 amide bonds. The lowest BCUT2D eigenvalue weighted by Gasteiger charge is -2.02. The van der Waals surface area contributed by atoms with Gasteiger partial charge in [0.2, 0.25) is 0 Å². The summed E-state index contributed by atoms with van der Waals surface area (Å²) in [5, 5.41) is 3.20. The van der Waals surface area contributed by atoms with Gasteiger partial charge in [0.05, 0.1) is 15.4 Å². The van der Waals surface area contributed by atoms with Crippen LogP contribution in [0.5, 0.6) is 0 Å². The van der Waals surface area contributed by atoms with Gasteiger partial charge in [0.25, 0.3) is 5.91 Å². The van der Waals surface area contributed by atoms with Crippen molar-refractivity contribution in [1.29, 1.82) is 0 Å². The SMILES string of the molecule is CCCNC(=O)c1sc(N)c(C(C)=O)c1C. The number of nitrogen functional groups attached to an aromatic ring is 1. The molecule has 0 spiro atoms. The standard InChI is InChI=1S/C11H16N2O2S/c1-4-5-13-11(15)9-6(2)8(7(3)14)10(12)16-9/h4-5,12H2,1-3H3,(H,13,15). The average Bonchev–Trinajstić information content (AvgIpc) is 2.50. The molecule has 4 nitrogen and oxygen atoms in total. The maximum absolute atomic E-state index is 11.7. The second kappa shape index (κ2) is 5.12. The normalized spacial score (nSPS) is 10.2. The molecule has 0 bridgehead atoms. The molecule has 0 unspecified atom stereocenters. The van der Waals surface area contributed by atoms with Crippen LogP contribution in [0, 0.1) is 6.92 Å². The minimum absolute atomic E-state index is 0.0965. The number of nitrogens with one attached hydrogen (secondary N) is 1. The van der Waals surface area contributed by atoms with Crippen molar-refractivity contribution < 1.29 is 9.59 Å². The number of carbonyl (C=O) groups is 2. The third-order valence-corrected chi connectivity index (χ3v) is 3.39. The lowest BCUT2D eigenvalue weighted by Crippen LogP contribution is -2.23. The first-order valence-electron chi connectivity index (χ1n) is 5.17. The van der Waals surface area contributed by atoms with Crippen molar-refractivity contribution >= 4 is 28.0 Å². The van der Waals surface area contributed by atoms with E-state index in [2.05, 4.69) is 5.32 Å². The molecule has 0 saturated carbocycles. The third-order valence-electron chi connectivity index (χ3n) is 2.27. The van der Waals surface area contributed by atoms with Crippen LogP contribution in [0.4, 0.5) is 5.00 Å². The van der Waals surface area contributed by atoms with E-state index < -0.39 is 0 Å². The number of hydrogen-bond acceptors (Lipinski definition) is 4. The molecule has 1 aromatic rings. The summed E-state index contributed by atoms with van der Waals surface area (Å²) in [6, 6.07) is 0. The summed E-state index contributed by atoms with van der Waals surface area (Å²) >= 11 is 1.17. The average molecular weight is 240 g/mol. The van der Waals surface area contributed by atoms with Gasteiger partial charge in [-0.15, -0.1) is 11.3 Å². The van der Waals surface area contributed by atoms with E-state index in [0.29, 0.717) is 27.5 Å². The van der Waals surface area contributed by atoms with Crippen molar-refractivity contribution in [2.75, 3.05) is 12.3 Å². The molecule has 0 aromatic carbocycles. The number of hydrogen-bond donors (Lipinski definition) is 2. The quantitative estimate of drug-likeness (QED) is 0.790. The molecule has 0 fully saturated rings. The van der Waals surface area contributed by atoms with E-state index in [1.165, 1.54) is 18.3 Å². The van der Waals surface area contributed by atoms with Crippen LogP contribution in [0.1, 0.15) is 45.9 Å². The molecule has 1 rings (SSSR count). The highest BCUT2D eigenvalue weighted by molar-refractivity contribution is 7.18. The summed E-state index contributed by atoms with van der Waals surface area (Å²) in [7, 11) is 0. The molecule has 16 heavy (non-hydrogen) atoms. The van der Waals surface area contributed by atoms with E-state index in [1.54, 1.807) is 6.92 Å². The van der Waals surface area contributed by atoms with Gasteiger partial charge in [0.15, 0.2) is 5.78 Å². The van der Waals surface area contributed by atoms with Crippen LogP contribution in [0.25, 0.3) is 0 Å². The number of thiophene rings is 1. The van der Waals surface area contributed by atoms with E-state index in [-0.39, 0.29) is 11.7 Å². The highest BCUT2D eigenvalue weighted by Crippen LogP contribution is 2.30. The highest BCUT2D eigenvalue weighted by Gasteiger charge is 2.20. The largest absolute Gasteiger partial charge is 0.390 e. The minimum atomic E-state index is -0.149. The van der Waals surface area contributed by atoms with Crippen LogP contribution >= 0.6 is 11.3 Å². The predicted molar refractivity (Wildman–Crippen MR) is 66.1 cm³/mol. The highest BCUT2D eigenvalue weighted by atomic mass is 32.1. The first-order valence-corrected chi connectivity index (χ1v) is 5.98. The molecular formula is C11H16N2O2S. The van der Waals surface area contributed by atoms with Gasteiger partial charge >= 0.3 is 0 Å². The molecule has 0 saturated heterocycles. The van der Waals surface area contributed by atoms with Crippen molar-refractivity contribution in [1.82, 2.24) is 5.32 Å². The lowest BCUT2D eigenvalue weighted by atomic mass is 10.1. The third kappa shape index (κ3) is 2.41. The molecule has 1 aromatic heterocycles. The predicted octanol–water partition coefficient (Wildman–Crippen LogP) is 1.98. The maximum atomic E-state index is 11.7. The summed E-state index contributed by atoms with van der Waals surface area (Å²) in [6.07, 6.45) is 0.880. The zero-order valence-corrected chi connectivity index (χ0v) is 10.5. The molecule has 0 aliphatic heterocycles. The first kappa shape index (κ1) is 12.7. The van der Waals surface area contributed by atoms with E-state index in [1.807, 2.05) is 6.92 Å². The van der Waals surface area contributed by atoms with Crippen molar-refractivity contribution in [3.8, 4) is 0 Å². The number of ketones is 1. The summed E-state index contributed by atoms with van der Waals surface area (Å²) in [5.41, 5.74) is 6.89. The number of nitrogens with two attached hydrogens (primary N) is 1. The Morgan fingerprint density at radius 3 is 2.50 bits per heavy atom. The van der Waals surface area contributed by atoms with E-state index in [9.17, 15) is 9.59 Å². The fraction of sp³-hybridized carbons (Fsp3) is 0.455. The van der Waals surface area contributed by atoms with Crippen molar-refractivity contribution in [3.63, 3.8) is 0 Å². The lowest BCUT2D eigenvalue weighted by molar-refractivity contribution is 0.0957. The van der Waals surface area contributed by atoms with E-state index in [4.69, 9.17) is 5.73 Å². The van der Waals surface area contributed by atoms with Crippen molar-refractivity contribution in [2.24, 2.45) is 0 Å². The topological polar surface area (TPSA) is 72.2 Å². The first-order chi connectivity index (χ1) is 7.49. The second-order valence-electron chi connectivity index (χ2n) is 3.61. The van der Waals surface area contributed by atoms with Crippen LogP contribution in [0.2, 0.25) is 0 Å². The van der Waals surface area contributed by atoms with Gasteiger partial charge in [-0.05, 0) is 25.8 Å². The molecule has 1 heterocycles. The second-order valence-corrected chi connectivity index (χ2v) is 4.66. The Labute approximate surface area is 98.8 Å². The molecular weight excluding hydrogens is 224 g/mol. The van der Waals surface area contributed by atoms with Crippen LogP contribution in [-0.4, -0.2) is 18.2 Å². The van der Waals surface area contributed by atoms with Crippen LogP contribution < -0.4 is 11.1 Å². The van der Waals surface area contributed by atoms with Gasteiger partial charge in [-0.3, -0.25) is 9.59 Å². The molecule has 5 heteroatoms. The summed E-state index contributed by atoms with van der Waals surface area (Å²) in [5.74, 6) is -0.246. The number of anilines is 1. The molecule has 3 N–H and O–H groups in total. The summed E-state index contributed by atoms with van der Waals surface area (Å²) < 4.78 is 0. The molecule has 0 aliphatic carbocycles. The molecule has 0 radical (unpaired) electrons. The maximum Gasteiger partial charge on any atom is 0.261 e. The Balaban J connectivity index is 3.03.